The normalized spacial score (nSPS) is 11.0. The number of aromatic nitrogens is 2. The highest BCUT2D eigenvalue weighted by Gasteiger charge is 2.16. The SMILES string of the molecule is CN(C)c1ccc(-c2ccc(C(=O)O)s2)cc1CN(Cc1ccccn1)Cc1ccccn1. The molecule has 0 saturated heterocycles. The Kier molecular flexibility index (Phi) is 7.12. The largest absolute Gasteiger partial charge is 0.477 e. The lowest BCUT2D eigenvalue weighted by molar-refractivity contribution is 0.0702. The Morgan fingerprint density at radius 2 is 1.55 bits per heavy atom. The molecule has 0 aliphatic rings. The zero-order valence-corrected chi connectivity index (χ0v) is 19.5. The Morgan fingerprint density at radius 1 is 0.879 bits per heavy atom. The van der Waals surface area contributed by atoms with Crippen LogP contribution in [0, 0.1) is 0 Å². The average Bonchev–Trinajstić information content (AvgIpc) is 3.31. The van der Waals surface area contributed by atoms with Gasteiger partial charge in [0, 0.05) is 56.7 Å². The Bertz CT molecular complexity index is 1170. The van der Waals surface area contributed by atoms with E-state index in [-0.39, 0.29) is 0 Å². The number of anilines is 1. The summed E-state index contributed by atoms with van der Waals surface area (Å²) in [5, 5.41) is 9.30. The minimum Gasteiger partial charge on any atom is -0.477 e. The van der Waals surface area contributed by atoms with Gasteiger partial charge in [-0.05, 0) is 59.7 Å². The summed E-state index contributed by atoms with van der Waals surface area (Å²) in [4.78, 5) is 26.1. The van der Waals surface area contributed by atoms with Crippen molar-refractivity contribution in [1.29, 1.82) is 0 Å². The number of thiophene rings is 1. The number of carboxylic acid groups (broad SMARTS) is 1. The number of hydrogen-bond donors (Lipinski definition) is 1. The molecule has 3 heterocycles. The Hall–Kier alpha value is -3.55. The van der Waals surface area contributed by atoms with E-state index in [1.165, 1.54) is 11.3 Å². The summed E-state index contributed by atoms with van der Waals surface area (Å²) in [7, 11) is 4.07. The molecule has 6 nitrogen and oxygen atoms in total. The van der Waals surface area contributed by atoms with Gasteiger partial charge in [-0.25, -0.2) is 4.79 Å². The van der Waals surface area contributed by atoms with E-state index in [1.807, 2.05) is 69.0 Å². The van der Waals surface area contributed by atoms with Crippen molar-refractivity contribution in [2.24, 2.45) is 0 Å². The first-order valence-electron chi connectivity index (χ1n) is 10.7. The molecule has 3 aromatic heterocycles. The van der Waals surface area contributed by atoms with Crippen LogP contribution >= 0.6 is 11.3 Å². The van der Waals surface area contributed by atoms with Crippen LogP contribution in [0.25, 0.3) is 10.4 Å². The highest BCUT2D eigenvalue weighted by atomic mass is 32.1. The summed E-state index contributed by atoms with van der Waals surface area (Å²) in [5.74, 6) is -0.895. The van der Waals surface area contributed by atoms with Crippen molar-refractivity contribution >= 4 is 23.0 Å². The molecule has 7 heteroatoms. The smallest absolute Gasteiger partial charge is 0.345 e. The van der Waals surface area contributed by atoms with Gasteiger partial charge in [-0.15, -0.1) is 11.3 Å². The van der Waals surface area contributed by atoms with Crippen molar-refractivity contribution in [1.82, 2.24) is 14.9 Å². The quantitative estimate of drug-likeness (QED) is 0.373. The van der Waals surface area contributed by atoms with Crippen LogP contribution in [-0.2, 0) is 19.6 Å². The number of carboxylic acids is 1. The Balaban J connectivity index is 1.67. The molecule has 0 bridgehead atoms. The lowest BCUT2D eigenvalue weighted by Gasteiger charge is -2.25. The highest BCUT2D eigenvalue weighted by molar-refractivity contribution is 7.17. The first kappa shape index (κ1) is 22.6. The summed E-state index contributed by atoms with van der Waals surface area (Å²) in [5.41, 5.74) is 5.31. The summed E-state index contributed by atoms with van der Waals surface area (Å²) in [6, 6.07) is 21.8. The Morgan fingerprint density at radius 3 is 2.06 bits per heavy atom. The molecule has 0 atom stereocenters. The molecule has 1 N–H and O–H groups in total. The predicted octanol–water partition coefficient (Wildman–Crippen LogP) is 5.17. The third kappa shape index (κ3) is 5.83. The van der Waals surface area contributed by atoms with Crippen LogP contribution in [-0.4, -0.2) is 40.0 Å². The van der Waals surface area contributed by atoms with Crippen molar-refractivity contribution in [2.45, 2.75) is 19.6 Å². The maximum absolute atomic E-state index is 11.3. The fourth-order valence-corrected chi connectivity index (χ4v) is 4.60. The molecule has 0 aliphatic carbocycles. The molecule has 0 amide bonds. The average molecular weight is 459 g/mol. The molecule has 33 heavy (non-hydrogen) atoms. The molecule has 0 unspecified atom stereocenters. The summed E-state index contributed by atoms with van der Waals surface area (Å²) < 4.78 is 0. The lowest BCUT2D eigenvalue weighted by atomic mass is 10.1. The van der Waals surface area contributed by atoms with E-state index in [9.17, 15) is 9.90 Å². The maximum atomic E-state index is 11.3. The van der Waals surface area contributed by atoms with Gasteiger partial charge in [-0.2, -0.15) is 0 Å². The summed E-state index contributed by atoms with van der Waals surface area (Å²) >= 11 is 1.29. The maximum Gasteiger partial charge on any atom is 0.345 e. The third-order valence-electron chi connectivity index (χ3n) is 5.28. The molecule has 0 fully saturated rings. The van der Waals surface area contributed by atoms with Crippen LogP contribution < -0.4 is 4.90 Å². The molecule has 168 valence electrons. The van der Waals surface area contributed by atoms with Crippen molar-refractivity contribution in [2.75, 3.05) is 19.0 Å². The molecule has 0 aliphatic heterocycles. The molecule has 0 spiro atoms. The van der Waals surface area contributed by atoms with Crippen molar-refractivity contribution in [3.8, 4) is 10.4 Å². The number of rotatable bonds is 9. The van der Waals surface area contributed by atoms with Gasteiger partial charge in [-0.3, -0.25) is 14.9 Å². The van der Waals surface area contributed by atoms with E-state index >= 15 is 0 Å². The van der Waals surface area contributed by atoms with Gasteiger partial charge in [0.25, 0.3) is 0 Å². The van der Waals surface area contributed by atoms with E-state index in [0.717, 1.165) is 33.1 Å². The molecule has 0 saturated carbocycles. The van der Waals surface area contributed by atoms with Crippen molar-refractivity contribution in [3.63, 3.8) is 0 Å². The number of carbonyl (C=O) groups is 1. The summed E-state index contributed by atoms with van der Waals surface area (Å²) in [6.07, 6.45) is 3.63. The second-order valence-corrected chi connectivity index (χ2v) is 9.08. The van der Waals surface area contributed by atoms with Crippen LogP contribution in [0.5, 0.6) is 0 Å². The topological polar surface area (TPSA) is 69.6 Å². The molecule has 0 radical (unpaired) electrons. The molecule has 4 rings (SSSR count). The van der Waals surface area contributed by atoms with Gasteiger partial charge in [-0.1, -0.05) is 18.2 Å². The minimum atomic E-state index is -0.895. The number of aromatic carboxylic acids is 1. The Labute approximate surface area is 197 Å². The second-order valence-electron chi connectivity index (χ2n) is 7.99. The van der Waals surface area contributed by atoms with Crippen molar-refractivity contribution in [3.05, 3.63) is 101 Å². The fraction of sp³-hybridized carbons (Fsp3) is 0.192. The highest BCUT2D eigenvalue weighted by Crippen LogP contribution is 2.32. The monoisotopic (exact) mass is 458 g/mol. The van der Waals surface area contributed by atoms with Gasteiger partial charge in [0.2, 0.25) is 0 Å². The molecular formula is C26H26N4O2S. The van der Waals surface area contributed by atoms with Crippen LogP contribution in [0.3, 0.4) is 0 Å². The summed E-state index contributed by atoms with van der Waals surface area (Å²) in [6.45, 7) is 2.08. The van der Waals surface area contributed by atoms with E-state index in [2.05, 4.69) is 38.0 Å². The van der Waals surface area contributed by atoms with E-state index in [4.69, 9.17) is 0 Å². The van der Waals surface area contributed by atoms with Gasteiger partial charge in [0.05, 0.1) is 11.4 Å². The number of hydrogen-bond acceptors (Lipinski definition) is 6. The number of nitrogens with zero attached hydrogens (tertiary/aromatic N) is 4. The first-order chi connectivity index (χ1) is 16.0. The van der Waals surface area contributed by atoms with E-state index in [1.54, 1.807) is 6.07 Å². The van der Waals surface area contributed by atoms with Crippen LogP contribution in [0.15, 0.2) is 79.1 Å². The van der Waals surface area contributed by atoms with Crippen molar-refractivity contribution < 1.29 is 9.90 Å². The minimum absolute atomic E-state index is 0.343. The number of pyridine rings is 2. The third-order valence-corrected chi connectivity index (χ3v) is 6.40. The van der Waals surface area contributed by atoms with E-state index in [0.29, 0.717) is 24.5 Å². The van der Waals surface area contributed by atoms with Gasteiger partial charge in [0.15, 0.2) is 0 Å². The zero-order valence-electron chi connectivity index (χ0n) is 18.7. The lowest BCUT2D eigenvalue weighted by Crippen LogP contribution is -2.25. The van der Waals surface area contributed by atoms with Gasteiger partial charge in [0.1, 0.15) is 4.88 Å². The number of benzene rings is 1. The van der Waals surface area contributed by atoms with Gasteiger partial charge < -0.3 is 10.0 Å². The van der Waals surface area contributed by atoms with Gasteiger partial charge >= 0.3 is 5.97 Å². The zero-order chi connectivity index (χ0) is 23.2. The van der Waals surface area contributed by atoms with Crippen LogP contribution in [0.4, 0.5) is 5.69 Å². The van der Waals surface area contributed by atoms with Crippen LogP contribution in [0.2, 0.25) is 0 Å². The van der Waals surface area contributed by atoms with E-state index < -0.39 is 5.97 Å². The predicted molar refractivity (Wildman–Crippen MR) is 132 cm³/mol. The fourth-order valence-electron chi connectivity index (χ4n) is 3.76. The molecule has 4 aromatic rings. The first-order valence-corrected chi connectivity index (χ1v) is 11.5. The standard InChI is InChI=1S/C26H26N4O2S/c1-29(2)23-10-9-19(24-11-12-25(33-24)26(31)32)15-20(23)16-30(17-21-7-3-5-13-27-21)18-22-8-4-6-14-28-22/h3-15H,16-18H2,1-2H3,(H,31,32). The van der Waals surface area contributed by atoms with Crippen LogP contribution in [0.1, 0.15) is 26.6 Å². The second kappa shape index (κ2) is 10.4. The molecule has 1 aromatic carbocycles. The molecular weight excluding hydrogens is 432 g/mol.